The van der Waals surface area contributed by atoms with Gasteiger partial charge in [-0.3, -0.25) is 14.6 Å². The number of aromatic nitrogens is 2. The van der Waals surface area contributed by atoms with Crippen LogP contribution >= 0.6 is 11.8 Å². The van der Waals surface area contributed by atoms with E-state index in [0.717, 1.165) is 24.0 Å². The van der Waals surface area contributed by atoms with E-state index in [1.54, 1.807) is 6.92 Å². The van der Waals surface area contributed by atoms with Crippen molar-refractivity contribution in [2.45, 2.75) is 23.6 Å². The van der Waals surface area contributed by atoms with Crippen molar-refractivity contribution in [2.75, 3.05) is 19.0 Å². The van der Waals surface area contributed by atoms with Crippen molar-refractivity contribution >= 4 is 34.5 Å². The van der Waals surface area contributed by atoms with E-state index >= 15 is 0 Å². The zero-order chi connectivity index (χ0) is 24.7. The van der Waals surface area contributed by atoms with E-state index in [2.05, 4.69) is 26.2 Å². The molecule has 1 amide bonds. The number of nitrogens with zero attached hydrogens (tertiary/aromatic N) is 3. The minimum absolute atomic E-state index is 0.0135. The van der Waals surface area contributed by atoms with Gasteiger partial charge in [0.15, 0.2) is 23.4 Å². The number of ether oxygens (including phenoxy) is 2. The molecule has 1 aliphatic carbocycles. The number of amidine groups is 1. The molecule has 3 atom stereocenters. The Labute approximate surface area is 197 Å². The summed E-state index contributed by atoms with van der Waals surface area (Å²) in [5.74, 6) is -1.65. The van der Waals surface area contributed by atoms with Crippen molar-refractivity contribution in [3.63, 3.8) is 0 Å². The number of nitrogens with one attached hydrogen (secondary N) is 1. The van der Waals surface area contributed by atoms with Crippen molar-refractivity contribution in [1.29, 1.82) is 0 Å². The van der Waals surface area contributed by atoms with Crippen LogP contribution in [0.2, 0.25) is 0 Å². The average molecular weight is 487 g/mol. The first-order valence-electron chi connectivity index (χ1n) is 9.96. The molecule has 2 aromatic rings. The third kappa shape index (κ3) is 3.92. The van der Waals surface area contributed by atoms with Gasteiger partial charge in [0.25, 0.3) is 5.91 Å². The lowest BCUT2D eigenvalue weighted by atomic mass is 9.85. The first kappa shape index (κ1) is 23.4. The molecule has 4 rings (SSSR count). The number of aliphatic imine (C=N–C) groups is 1. The van der Waals surface area contributed by atoms with Crippen LogP contribution in [0.1, 0.15) is 29.4 Å². The van der Waals surface area contributed by atoms with Crippen LogP contribution in [0.15, 0.2) is 29.5 Å². The molecule has 9 nitrogen and oxygen atoms in total. The zero-order valence-corrected chi connectivity index (χ0v) is 18.9. The van der Waals surface area contributed by atoms with Crippen LogP contribution in [0.4, 0.5) is 14.5 Å². The highest BCUT2D eigenvalue weighted by molar-refractivity contribution is 8.15. The quantitative estimate of drug-likeness (QED) is 0.469. The lowest BCUT2D eigenvalue weighted by Crippen LogP contribution is -2.40. The number of amides is 1. The number of carbonyl (C=O) groups is 2. The average Bonchev–Trinajstić information content (AvgIpc) is 3.56. The van der Waals surface area contributed by atoms with Crippen LogP contribution in [0, 0.1) is 29.9 Å². The number of thioether (sulfide) groups is 1. The normalized spacial score (nSPS) is 24.8. The maximum absolute atomic E-state index is 15.0. The molecule has 0 spiro atoms. The summed E-state index contributed by atoms with van der Waals surface area (Å²) in [6.07, 6.45) is 7.79. The van der Waals surface area contributed by atoms with Gasteiger partial charge in [-0.1, -0.05) is 17.7 Å². The minimum atomic E-state index is -1.36. The summed E-state index contributed by atoms with van der Waals surface area (Å²) in [5, 5.41) is 2.52. The maximum atomic E-state index is 15.0. The second-order valence-corrected chi connectivity index (χ2v) is 9.19. The highest BCUT2D eigenvalue weighted by Gasteiger charge is 2.71. The van der Waals surface area contributed by atoms with E-state index in [4.69, 9.17) is 21.6 Å². The van der Waals surface area contributed by atoms with Gasteiger partial charge in [-0.05, 0) is 19.4 Å². The van der Waals surface area contributed by atoms with E-state index in [-0.39, 0.29) is 34.6 Å². The fourth-order valence-corrected chi connectivity index (χ4v) is 5.46. The molecule has 12 heteroatoms. The van der Waals surface area contributed by atoms with E-state index in [0.29, 0.717) is 6.42 Å². The molecular formula is C22H19F2N5O4S. The van der Waals surface area contributed by atoms with Crippen LogP contribution < -0.4 is 15.8 Å². The Hall–Kier alpha value is -3.72. The van der Waals surface area contributed by atoms with Gasteiger partial charge in [-0.15, -0.1) is 6.42 Å². The number of rotatable bonds is 6. The smallest absolute Gasteiger partial charge is 0.322 e. The fraction of sp³-hybridized carbons (Fsp3) is 0.318. The van der Waals surface area contributed by atoms with Gasteiger partial charge in [0.1, 0.15) is 10.4 Å². The number of fused-ring (bicyclic) bond motifs is 1. The molecule has 2 aliphatic rings. The number of benzene rings is 1. The Morgan fingerprint density at radius 3 is 2.76 bits per heavy atom. The minimum Gasteiger partial charge on any atom is -0.468 e. The van der Waals surface area contributed by atoms with Crippen molar-refractivity contribution in [3.8, 4) is 18.2 Å². The van der Waals surface area contributed by atoms with Crippen LogP contribution in [0.5, 0.6) is 5.88 Å². The topological polar surface area (TPSA) is 129 Å². The van der Waals surface area contributed by atoms with Crippen molar-refractivity contribution in [1.82, 2.24) is 9.97 Å². The van der Waals surface area contributed by atoms with Gasteiger partial charge in [-0.25, -0.2) is 18.7 Å². The van der Waals surface area contributed by atoms with E-state index in [1.807, 2.05) is 0 Å². The van der Waals surface area contributed by atoms with E-state index in [9.17, 15) is 18.4 Å². The van der Waals surface area contributed by atoms with Gasteiger partial charge in [-0.2, -0.15) is 0 Å². The number of methoxy groups -OCH3 is 1. The first-order valence-corrected chi connectivity index (χ1v) is 10.8. The molecule has 0 unspecified atom stereocenters. The summed E-state index contributed by atoms with van der Waals surface area (Å²) in [5.41, 5.74) is 4.32. The molecule has 0 saturated heterocycles. The summed E-state index contributed by atoms with van der Waals surface area (Å²) in [4.78, 5) is 37.2. The highest BCUT2D eigenvalue weighted by atomic mass is 32.2. The predicted octanol–water partition coefficient (Wildman–Crippen LogP) is 2.23. The molecule has 34 heavy (non-hydrogen) atoms. The fourth-order valence-electron chi connectivity index (χ4n) is 4.06. The van der Waals surface area contributed by atoms with Crippen LogP contribution in [-0.4, -0.2) is 45.5 Å². The third-order valence-electron chi connectivity index (χ3n) is 5.74. The molecule has 176 valence electrons. The Balaban J connectivity index is 1.63. The molecule has 2 heterocycles. The third-order valence-corrected chi connectivity index (χ3v) is 7.03. The number of nitrogens with two attached hydrogens (primary N) is 1. The van der Waals surface area contributed by atoms with E-state index < -0.39 is 39.7 Å². The molecule has 1 aromatic carbocycles. The number of hydrogen-bond acceptors (Lipinski definition) is 9. The summed E-state index contributed by atoms with van der Waals surface area (Å²) in [6.45, 7) is 1.55. The number of terminal acetylenes is 1. The van der Waals surface area contributed by atoms with Gasteiger partial charge >= 0.3 is 5.97 Å². The second kappa shape index (κ2) is 8.57. The number of carbonyl (C=O) groups excluding carboxylic acids is 2. The predicted molar refractivity (Wildman–Crippen MR) is 120 cm³/mol. The van der Waals surface area contributed by atoms with Crippen LogP contribution in [0.3, 0.4) is 0 Å². The monoisotopic (exact) mass is 487 g/mol. The zero-order valence-electron chi connectivity index (χ0n) is 18.1. The molecular weight excluding hydrogens is 468 g/mol. The molecule has 1 aromatic heterocycles. The summed E-state index contributed by atoms with van der Waals surface area (Å²) < 4.78 is 38.5. The molecule has 0 radical (unpaired) electrons. The van der Waals surface area contributed by atoms with Gasteiger partial charge in [0.2, 0.25) is 5.88 Å². The first-order chi connectivity index (χ1) is 16.1. The van der Waals surface area contributed by atoms with Crippen molar-refractivity contribution in [3.05, 3.63) is 47.4 Å². The molecule has 1 fully saturated rings. The lowest BCUT2D eigenvalue weighted by Gasteiger charge is -2.33. The molecule has 0 bridgehead atoms. The van der Waals surface area contributed by atoms with Gasteiger partial charge in [0, 0.05) is 23.2 Å². The number of esters is 1. The largest absolute Gasteiger partial charge is 0.468 e. The highest BCUT2D eigenvalue weighted by Crippen LogP contribution is 2.66. The van der Waals surface area contributed by atoms with Crippen molar-refractivity contribution < 1.29 is 27.8 Å². The standard InChI is InChI=1S/C22H19F2N5O4S/c1-4-5-33-16-10-26-14(9-27-16)18(30)28-11-6-12(17(24)13(23)7-11)21(2)15-8-22(15,19(31)32-3)34-20(25)29-21/h1,6-7,9-10,15H,5,8H2,2-3H3,(H2,25,29)(H,28,30)/t15-,21+,22-/m0/s1. The summed E-state index contributed by atoms with van der Waals surface area (Å²) >= 11 is 1.05. The Kier molecular flexibility index (Phi) is 5.91. The van der Waals surface area contributed by atoms with E-state index in [1.165, 1.54) is 19.4 Å². The molecule has 1 saturated carbocycles. The number of halogens is 2. The SMILES string of the molecule is C#CCOc1cnc(C(=O)Nc2cc(F)c(F)c([C@@]3(C)N=C(N)S[C@@]4(C(=O)OC)C[C@H]43)c2)cn1. The Morgan fingerprint density at radius 2 is 2.12 bits per heavy atom. The number of anilines is 1. The van der Waals surface area contributed by atoms with Gasteiger partial charge in [0.05, 0.1) is 25.0 Å². The maximum Gasteiger partial charge on any atom is 0.322 e. The number of hydrogen-bond donors (Lipinski definition) is 2. The van der Waals surface area contributed by atoms with Gasteiger partial charge < -0.3 is 20.5 Å². The lowest BCUT2D eigenvalue weighted by molar-refractivity contribution is -0.141. The second-order valence-electron chi connectivity index (χ2n) is 7.84. The molecule has 1 aliphatic heterocycles. The summed E-state index contributed by atoms with van der Waals surface area (Å²) in [7, 11) is 1.25. The van der Waals surface area contributed by atoms with Crippen LogP contribution in [-0.2, 0) is 15.1 Å². The summed E-state index contributed by atoms with van der Waals surface area (Å²) in [6, 6.07) is 2.10. The Bertz CT molecular complexity index is 1250. The Morgan fingerprint density at radius 1 is 1.35 bits per heavy atom. The van der Waals surface area contributed by atoms with Crippen molar-refractivity contribution in [2.24, 2.45) is 16.6 Å². The molecule has 3 N–H and O–H groups in total. The van der Waals surface area contributed by atoms with Crippen LogP contribution in [0.25, 0.3) is 0 Å².